The molecule has 0 heterocycles. The second-order valence-corrected chi connectivity index (χ2v) is 14.2. The Morgan fingerprint density at radius 1 is 1.12 bits per heavy atom. The summed E-state index contributed by atoms with van der Waals surface area (Å²) in [6.07, 6.45) is 8.70. The van der Waals surface area contributed by atoms with Crippen LogP contribution in [0.3, 0.4) is 0 Å². The first kappa shape index (κ1) is 26.1. The molecule has 4 aliphatic carbocycles. The highest BCUT2D eigenvalue weighted by atomic mass is 16.3. The van der Waals surface area contributed by atoms with Crippen LogP contribution >= 0.6 is 0 Å². The number of aliphatic hydroxyl groups excluding tert-OH is 1. The van der Waals surface area contributed by atoms with E-state index in [4.69, 9.17) is 0 Å². The van der Waals surface area contributed by atoms with Crippen molar-refractivity contribution in [3.8, 4) is 0 Å². The van der Waals surface area contributed by atoms with Crippen LogP contribution < -0.4 is 0 Å². The van der Waals surface area contributed by atoms with Crippen LogP contribution in [0.1, 0.15) is 107 Å². The van der Waals surface area contributed by atoms with Crippen molar-refractivity contribution >= 4 is 11.6 Å². The lowest BCUT2D eigenvalue weighted by Gasteiger charge is -2.64. The van der Waals surface area contributed by atoms with Crippen LogP contribution in [0.4, 0.5) is 0 Å². The van der Waals surface area contributed by atoms with Gasteiger partial charge in [0.2, 0.25) is 0 Å². The molecule has 4 nitrogen and oxygen atoms in total. The van der Waals surface area contributed by atoms with Crippen molar-refractivity contribution in [2.75, 3.05) is 0 Å². The Hall–Kier alpha value is -1.00. The van der Waals surface area contributed by atoms with Crippen LogP contribution in [0.25, 0.3) is 0 Å². The van der Waals surface area contributed by atoms with E-state index in [1.165, 1.54) is 5.57 Å². The fourth-order valence-corrected chi connectivity index (χ4v) is 9.24. The van der Waals surface area contributed by atoms with Gasteiger partial charge >= 0.3 is 0 Å². The lowest BCUT2D eigenvalue weighted by molar-refractivity contribution is -0.172. The van der Waals surface area contributed by atoms with Crippen molar-refractivity contribution in [2.45, 2.75) is 118 Å². The summed E-state index contributed by atoms with van der Waals surface area (Å²) in [5.74, 6) is 1.64. The number of ketones is 2. The highest BCUT2D eigenvalue weighted by molar-refractivity contribution is 5.88. The average Bonchev–Trinajstić information content (AvgIpc) is 2.99. The summed E-state index contributed by atoms with van der Waals surface area (Å²) in [7, 11) is 0. The van der Waals surface area contributed by atoms with Crippen LogP contribution in [0.5, 0.6) is 0 Å². The van der Waals surface area contributed by atoms with Gasteiger partial charge in [0, 0.05) is 23.7 Å². The molecule has 0 aromatic rings. The minimum Gasteiger partial charge on any atom is -0.392 e. The first-order valence-electron chi connectivity index (χ1n) is 13.7. The van der Waals surface area contributed by atoms with Gasteiger partial charge in [0.15, 0.2) is 5.78 Å². The molecule has 4 rings (SSSR count). The van der Waals surface area contributed by atoms with E-state index in [1.54, 1.807) is 13.8 Å². The van der Waals surface area contributed by atoms with Crippen molar-refractivity contribution in [3.05, 3.63) is 11.6 Å². The molecule has 4 heteroatoms. The molecule has 8 unspecified atom stereocenters. The molecule has 192 valence electrons. The van der Waals surface area contributed by atoms with Crippen LogP contribution in [0.15, 0.2) is 11.6 Å². The third-order valence-corrected chi connectivity index (χ3v) is 11.9. The molecule has 0 aliphatic heterocycles. The Kier molecular flexibility index (Phi) is 6.14. The molecule has 0 bridgehead atoms. The van der Waals surface area contributed by atoms with Gasteiger partial charge in [-0.15, -0.1) is 0 Å². The highest BCUT2D eigenvalue weighted by Crippen LogP contribution is 2.74. The third-order valence-electron chi connectivity index (χ3n) is 11.9. The molecule has 34 heavy (non-hydrogen) atoms. The Morgan fingerprint density at radius 3 is 2.38 bits per heavy atom. The van der Waals surface area contributed by atoms with E-state index in [0.717, 1.165) is 38.5 Å². The van der Waals surface area contributed by atoms with Crippen molar-refractivity contribution in [1.82, 2.24) is 0 Å². The third kappa shape index (κ3) is 3.44. The predicted octanol–water partition coefficient (Wildman–Crippen LogP) is 5.89. The molecule has 0 spiro atoms. The van der Waals surface area contributed by atoms with Gasteiger partial charge in [0.1, 0.15) is 11.4 Å². The molecule has 3 saturated carbocycles. The molecule has 2 N–H and O–H groups in total. The Morgan fingerprint density at radius 2 is 1.76 bits per heavy atom. The van der Waals surface area contributed by atoms with Gasteiger partial charge in [0.05, 0.1) is 6.10 Å². The molecule has 0 saturated heterocycles. The summed E-state index contributed by atoms with van der Waals surface area (Å²) < 4.78 is 0. The van der Waals surface area contributed by atoms with Gasteiger partial charge in [-0.3, -0.25) is 9.59 Å². The maximum absolute atomic E-state index is 14.2. The number of Topliss-reactive ketones (excluding diaryl/α,β-unsaturated/α-hetero) is 2. The van der Waals surface area contributed by atoms with E-state index < -0.39 is 5.60 Å². The van der Waals surface area contributed by atoms with E-state index in [9.17, 15) is 19.8 Å². The average molecular weight is 473 g/mol. The van der Waals surface area contributed by atoms with Crippen molar-refractivity contribution in [1.29, 1.82) is 0 Å². The largest absolute Gasteiger partial charge is 0.392 e. The maximum atomic E-state index is 14.2. The molecular formula is C30H48O4. The standard InChI is InChI=1S/C30H48O4/c1-18(9-13-24(32)27(4,5)34)19-15-16-28(6)22-12-10-20-21(11-14-23(31)26(20,2)3)30(22,8)25(33)17-29(19,28)7/h10,18-19,21-23,31,34H,9,11-17H2,1-8H3. The fraction of sp³-hybridized carbons (Fsp3) is 0.867. The molecule has 0 radical (unpaired) electrons. The Labute approximate surface area is 207 Å². The van der Waals surface area contributed by atoms with E-state index >= 15 is 0 Å². The summed E-state index contributed by atoms with van der Waals surface area (Å²) >= 11 is 0. The number of allylic oxidation sites excluding steroid dienone is 1. The smallest absolute Gasteiger partial charge is 0.163 e. The fourth-order valence-electron chi connectivity index (χ4n) is 9.24. The number of fused-ring (bicyclic) bond motifs is 5. The highest BCUT2D eigenvalue weighted by Gasteiger charge is 2.70. The Bertz CT molecular complexity index is 894. The van der Waals surface area contributed by atoms with Gasteiger partial charge < -0.3 is 10.2 Å². The first-order chi connectivity index (χ1) is 15.5. The molecule has 4 aliphatic rings. The van der Waals surface area contributed by atoms with E-state index in [1.807, 2.05) is 0 Å². The van der Waals surface area contributed by atoms with Gasteiger partial charge in [-0.05, 0) is 86.9 Å². The summed E-state index contributed by atoms with van der Waals surface area (Å²) in [5, 5.41) is 20.8. The van der Waals surface area contributed by atoms with Gasteiger partial charge in [-0.25, -0.2) is 0 Å². The van der Waals surface area contributed by atoms with Gasteiger partial charge in [-0.2, -0.15) is 0 Å². The maximum Gasteiger partial charge on any atom is 0.163 e. The Balaban J connectivity index is 1.64. The minimum absolute atomic E-state index is 0.0689. The zero-order chi connectivity index (χ0) is 25.5. The molecule has 8 atom stereocenters. The second-order valence-electron chi connectivity index (χ2n) is 14.2. The van der Waals surface area contributed by atoms with Crippen LogP contribution in [0.2, 0.25) is 0 Å². The lowest BCUT2D eigenvalue weighted by Crippen LogP contribution is -2.63. The molecule has 0 amide bonds. The summed E-state index contributed by atoms with van der Waals surface area (Å²) in [6.45, 7) is 16.8. The molecular weight excluding hydrogens is 424 g/mol. The quantitative estimate of drug-likeness (QED) is 0.489. The molecule has 0 aromatic carbocycles. The first-order valence-corrected chi connectivity index (χ1v) is 13.7. The number of hydrogen-bond acceptors (Lipinski definition) is 4. The minimum atomic E-state index is -1.27. The topological polar surface area (TPSA) is 74.6 Å². The van der Waals surface area contributed by atoms with Crippen molar-refractivity contribution in [3.63, 3.8) is 0 Å². The zero-order valence-corrected chi connectivity index (χ0v) is 22.8. The van der Waals surface area contributed by atoms with Gasteiger partial charge in [-0.1, -0.05) is 53.2 Å². The summed E-state index contributed by atoms with van der Waals surface area (Å²) in [6, 6.07) is 0. The van der Waals surface area contributed by atoms with Crippen molar-refractivity contribution in [2.24, 2.45) is 45.3 Å². The monoisotopic (exact) mass is 472 g/mol. The number of rotatable bonds is 5. The van der Waals surface area contributed by atoms with Crippen molar-refractivity contribution < 1.29 is 19.8 Å². The van der Waals surface area contributed by atoms with Crippen LogP contribution in [-0.4, -0.2) is 33.5 Å². The number of carbonyl (C=O) groups is 2. The lowest BCUT2D eigenvalue weighted by atomic mass is 9.38. The summed E-state index contributed by atoms with van der Waals surface area (Å²) in [4.78, 5) is 26.5. The SMILES string of the molecule is CC(CCC(=O)C(C)(C)O)C1CCC2(C)C3CC=C4C(CCC(O)C4(C)C)C3(C)C(=O)CC12C. The number of carbonyl (C=O) groups excluding carboxylic acids is 2. The van der Waals surface area contributed by atoms with Crippen LogP contribution in [-0.2, 0) is 9.59 Å². The normalized spacial score (nSPS) is 44.5. The molecule has 3 fully saturated rings. The van der Waals surface area contributed by atoms with E-state index in [0.29, 0.717) is 36.4 Å². The predicted molar refractivity (Wildman–Crippen MR) is 135 cm³/mol. The molecule has 0 aromatic heterocycles. The van der Waals surface area contributed by atoms with Crippen LogP contribution in [0, 0.1) is 45.3 Å². The zero-order valence-electron chi connectivity index (χ0n) is 22.8. The number of aliphatic hydroxyl groups is 2. The number of hydrogen-bond donors (Lipinski definition) is 2. The summed E-state index contributed by atoms with van der Waals surface area (Å²) in [5.41, 5.74) is -0.566. The van der Waals surface area contributed by atoms with E-state index in [2.05, 4.69) is 47.6 Å². The second kappa shape index (κ2) is 8.00. The van der Waals surface area contributed by atoms with E-state index in [-0.39, 0.29) is 39.5 Å². The van der Waals surface area contributed by atoms with Gasteiger partial charge in [0.25, 0.3) is 0 Å².